The number of nitrogens with zero attached hydrogens (tertiary/aromatic N) is 4. The SMILES string of the molecule is CC(C)(/C(N)=N/O)N1CCN(c2ncccc2F)CC1. The van der Waals surface area contributed by atoms with Crippen molar-refractivity contribution in [1.82, 2.24) is 9.88 Å². The minimum atomic E-state index is -0.524. The molecule has 1 aliphatic rings. The van der Waals surface area contributed by atoms with Gasteiger partial charge in [0.25, 0.3) is 0 Å². The van der Waals surface area contributed by atoms with Crippen molar-refractivity contribution < 1.29 is 9.60 Å². The van der Waals surface area contributed by atoms with Crippen LogP contribution in [0.3, 0.4) is 0 Å². The molecule has 2 rings (SSSR count). The number of oxime groups is 1. The van der Waals surface area contributed by atoms with Crippen LogP contribution < -0.4 is 10.6 Å². The quantitative estimate of drug-likeness (QED) is 0.372. The molecule has 0 unspecified atom stereocenters. The Balaban J connectivity index is 2.05. The minimum Gasteiger partial charge on any atom is -0.409 e. The summed E-state index contributed by atoms with van der Waals surface area (Å²) in [5, 5.41) is 11.9. The molecular formula is C13H20FN5O. The van der Waals surface area contributed by atoms with Crippen molar-refractivity contribution in [2.24, 2.45) is 10.9 Å². The Labute approximate surface area is 117 Å². The topological polar surface area (TPSA) is 78.0 Å². The maximum Gasteiger partial charge on any atom is 0.165 e. The van der Waals surface area contributed by atoms with E-state index in [1.54, 1.807) is 12.3 Å². The van der Waals surface area contributed by atoms with Crippen LogP contribution in [-0.2, 0) is 0 Å². The molecule has 0 saturated carbocycles. The third kappa shape index (κ3) is 2.67. The number of aromatic nitrogens is 1. The van der Waals surface area contributed by atoms with Crippen molar-refractivity contribution >= 4 is 11.7 Å². The monoisotopic (exact) mass is 281 g/mol. The van der Waals surface area contributed by atoms with Crippen molar-refractivity contribution in [2.45, 2.75) is 19.4 Å². The summed E-state index contributed by atoms with van der Waals surface area (Å²) in [5.74, 6) is 0.250. The summed E-state index contributed by atoms with van der Waals surface area (Å²) in [7, 11) is 0. The van der Waals surface area contributed by atoms with Crippen LogP contribution in [0.4, 0.5) is 10.2 Å². The maximum absolute atomic E-state index is 13.7. The lowest BCUT2D eigenvalue weighted by Crippen LogP contribution is -2.60. The van der Waals surface area contributed by atoms with Gasteiger partial charge in [0.15, 0.2) is 17.5 Å². The smallest absolute Gasteiger partial charge is 0.165 e. The van der Waals surface area contributed by atoms with E-state index in [0.29, 0.717) is 32.0 Å². The predicted octanol–water partition coefficient (Wildman–Crippen LogP) is 0.868. The van der Waals surface area contributed by atoms with Crippen molar-refractivity contribution in [2.75, 3.05) is 31.1 Å². The summed E-state index contributed by atoms with van der Waals surface area (Å²) in [4.78, 5) is 8.11. The van der Waals surface area contributed by atoms with Gasteiger partial charge in [-0.05, 0) is 26.0 Å². The van der Waals surface area contributed by atoms with Crippen LogP contribution in [0.5, 0.6) is 0 Å². The average Bonchev–Trinajstić information content (AvgIpc) is 2.47. The van der Waals surface area contributed by atoms with E-state index in [1.165, 1.54) is 6.07 Å². The lowest BCUT2D eigenvalue weighted by Gasteiger charge is -2.43. The van der Waals surface area contributed by atoms with Gasteiger partial charge in [-0.25, -0.2) is 9.37 Å². The van der Waals surface area contributed by atoms with Gasteiger partial charge >= 0.3 is 0 Å². The molecule has 3 N–H and O–H groups in total. The lowest BCUT2D eigenvalue weighted by atomic mass is 10.0. The Morgan fingerprint density at radius 1 is 1.40 bits per heavy atom. The fourth-order valence-corrected chi connectivity index (χ4v) is 2.37. The number of hydrogen-bond acceptors (Lipinski definition) is 5. The summed E-state index contributed by atoms with van der Waals surface area (Å²) >= 11 is 0. The Kier molecular flexibility index (Phi) is 4.08. The molecule has 1 aliphatic heterocycles. The van der Waals surface area contributed by atoms with Gasteiger partial charge in [-0.15, -0.1) is 0 Å². The molecule has 0 atom stereocenters. The predicted molar refractivity (Wildman–Crippen MR) is 75.5 cm³/mol. The molecule has 7 heteroatoms. The average molecular weight is 281 g/mol. The zero-order chi connectivity index (χ0) is 14.8. The molecule has 0 spiro atoms. The molecule has 1 aromatic rings. The molecule has 6 nitrogen and oxygen atoms in total. The van der Waals surface area contributed by atoms with Gasteiger partial charge in [0.05, 0.1) is 5.54 Å². The van der Waals surface area contributed by atoms with E-state index < -0.39 is 5.54 Å². The number of amidine groups is 1. The summed E-state index contributed by atoms with van der Waals surface area (Å²) in [6, 6.07) is 2.99. The van der Waals surface area contributed by atoms with E-state index in [1.807, 2.05) is 18.7 Å². The molecule has 20 heavy (non-hydrogen) atoms. The van der Waals surface area contributed by atoms with Crippen LogP contribution in [0.2, 0.25) is 0 Å². The summed E-state index contributed by atoms with van der Waals surface area (Å²) in [6.07, 6.45) is 1.59. The molecule has 1 fully saturated rings. The summed E-state index contributed by atoms with van der Waals surface area (Å²) < 4.78 is 13.7. The zero-order valence-corrected chi connectivity index (χ0v) is 11.8. The van der Waals surface area contributed by atoms with Crippen LogP contribution in [0.15, 0.2) is 23.5 Å². The second-order valence-corrected chi connectivity index (χ2v) is 5.33. The van der Waals surface area contributed by atoms with Crippen LogP contribution in [0.25, 0.3) is 0 Å². The van der Waals surface area contributed by atoms with Gasteiger partial charge in [0, 0.05) is 32.4 Å². The molecule has 0 aliphatic carbocycles. The van der Waals surface area contributed by atoms with E-state index in [4.69, 9.17) is 10.9 Å². The number of pyridine rings is 1. The van der Waals surface area contributed by atoms with Gasteiger partial charge in [-0.1, -0.05) is 5.16 Å². The first-order valence-electron chi connectivity index (χ1n) is 6.55. The van der Waals surface area contributed by atoms with Gasteiger partial charge in [-0.2, -0.15) is 0 Å². The Hall–Kier alpha value is -1.89. The fraction of sp³-hybridized carbons (Fsp3) is 0.538. The molecule has 1 aromatic heterocycles. The van der Waals surface area contributed by atoms with E-state index in [0.717, 1.165) is 0 Å². The third-order valence-corrected chi connectivity index (χ3v) is 3.84. The Morgan fingerprint density at radius 2 is 2.05 bits per heavy atom. The van der Waals surface area contributed by atoms with Crippen molar-refractivity contribution in [3.05, 3.63) is 24.1 Å². The largest absolute Gasteiger partial charge is 0.409 e. The number of hydrogen-bond donors (Lipinski definition) is 2. The van der Waals surface area contributed by atoms with Gasteiger partial charge in [-0.3, -0.25) is 4.90 Å². The molecule has 0 radical (unpaired) electrons. The maximum atomic E-state index is 13.7. The first-order valence-corrected chi connectivity index (χ1v) is 6.55. The van der Waals surface area contributed by atoms with Gasteiger partial charge in [0.1, 0.15) is 0 Å². The number of anilines is 1. The van der Waals surface area contributed by atoms with Crippen molar-refractivity contribution in [1.29, 1.82) is 0 Å². The second-order valence-electron chi connectivity index (χ2n) is 5.33. The molecule has 0 amide bonds. The second kappa shape index (κ2) is 5.62. The highest BCUT2D eigenvalue weighted by atomic mass is 19.1. The summed E-state index contributed by atoms with van der Waals surface area (Å²) in [5.41, 5.74) is 5.20. The molecule has 110 valence electrons. The highest BCUT2D eigenvalue weighted by molar-refractivity contribution is 5.88. The zero-order valence-electron chi connectivity index (χ0n) is 11.8. The third-order valence-electron chi connectivity index (χ3n) is 3.84. The van der Waals surface area contributed by atoms with E-state index >= 15 is 0 Å². The van der Waals surface area contributed by atoms with Crippen LogP contribution >= 0.6 is 0 Å². The number of piperazine rings is 1. The van der Waals surface area contributed by atoms with Crippen LogP contribution in [0.1, 0.15) is 13.8 Å². The van der Waals surface area contributed by atoms with E-state index in [2.05, 4.69) is 15.0 Å². The summed E-state index contributed by atoms with van der Waals surface area (Å²) in [6.45, 7) is 6.49. The standard InChI is InChI=1S/C13H20FN5O/c1-13(2,12(15)17-20)19-8-6-18(7-9-19)11-10(14)4-3-5-16-11/h3-5,20H,6-9H2,1-2H3,(H2,15,17). The van der Waals surface area contributed by atoms with Gasteiger partial charge in [0.2, 0.25) is 0 Å². The Morgan fingerprint density at radius 3 is 2.60 bits per heavy atom. The van der Waals surface area contributed by atoms with Crippen molar-refractivity contribution in [3.8, 4) is 0 Å². The lowest BCUT2D eigenvalue weighted by molar-refractivity contribution is 0.160. The number of nitrogens with two attached hydrogens (primary N) is 1. The minimum absolute atomic E-state index is 0.176. The molecule has 0 aromatic carbocycles. The Bertz CT molecular complexity index is 497. The molecular weight excluding hydrogens is 261 g/mol. The highest BCUT2D eigenvalue weighted by Gasteiger charge is 2.34. The highest BCUT2D eigenvalue weighted by Crippen LogP contribution is 2.21. The fourth-order valence-electron chi connectivity index (χ4n) is 2.37. The van der Waals surface area contributed by atoms with E-state index in [-0.39, 0.29) is 11.7 Å². The van der Waals surface area contributed by atoms with Crippen molar-refractivity contribution in [3.63, 3.8) is 0 Å². The molecule has 2 heterocycles. The number of halogens is 1. The first-order chi connectivity index (χ1) is 9.46. The normalized spacial score (nSPS) is 18.4. The first kappa shape index (κ1) is 14.5. The van der Waals surface area contributed by atoms with Crippen LogP contribution in [0, 0.1) is 5.82 Å². The molecule has 0 bridgehead atoms. The molecule has 1 saturated heterocycles. The van der Waals surface area contributed by atoms with Crippen LogP contribution in [-0.4, -0.2) is 52.6 Å². The van der Waals surface area contributed by atoms with E-state index in [9.17, 15) is 4.39 Å². The number of rotatable bonds is 3. The van der Waals surface area contributed by atoms with Gasteiger partial charge < -0.3 is 15.8 Å².